The van der Waals surface area contributed by atoms with E-state index < -0.39 is 24.9 Å². The lowest BCUT2D eigenvalue weighted by Gasteiger charge is -2.38. The molecule has 39 heavy (non-hydrogen) atoms. The second-order valence-corrected chi connectivity index (χ2v) is 10.1. The fourth-order valence-corrected chi connectivity index (χ4v) is 6.07. The second-order valence-electron chi connectivity index (χ2n) is 10.1. The maximum atomic E-state index is 13.7. The molecular weight excluding hydrogens is 510 g/mol. The Kier molecular flexibility index (Phi) is 8.62. The molecule has 0 saturated heterocycles. The van der Waals surface area contributed by atoms with E-state index in [1.165, 1.54) is 24.1 Å². The Balaban J connectivity index is 1.80. The van der Waals surface area contributed by atoms with E-state index in [-0.39, 0.29) is 34.3 Å². The zero-order chi connectivity index (χ0) is 28.2. The van der Waals surface area contributed by atoms with Crippen molar-refractivity contribution in [1.82, 2.24) is 0 Å². The second kappa shape index (κ2) is 11.8. The molecule has 0 heterocycles. The molecule has 4 nitrogen and oxygen atoms in total. The first kappa shape index (κ1) is 28.6. The molecule has 2 aromatic rings. The smallest absolute Gasteiger partial charge is 0.340 e. The number of fused-ring (bicyclic) bond motifs is 3. The van der Waals surface area contributed by atoms with Crippen molar-refractivity contribution < 1.29 is 31.9 Å². The number of hydrogen-bond donors (Lipinski definition) is 0. The largest absolute Gasteiger partial charge is 0.486 e. The van der Waals surface area contributed by atoms with Crippen molar-refractivity contribution in [3.8, 4) is 5.75 Å². The van der Waals surface area contributed by atoms with Gasteiger partial charge in [0, 0.05) is 29.4 Å². The first-order valence-electron chi connectivity index (χ1n) is 13.3. The number of para-hydroxylation sites is 1. The number of benzene rings is 2. The van der Waals surface area contributed by atoms with Crippen LogP contribution in [0.15, 0.2) is 77.5 Å². The molecule has 2 unspecified atom stereocenters. The van der Waals surface area contributed by atoms with Crippen molar-refractivity contribution in [1.29, 1.82) is 0 Å². The third-order valence-electron chi connectivity index (χ3n) is 7.54. The van der Waals surface area contributed by atoms with E-state index >= 15 is 0 Å². The summed E-state index contributed by atoms with van der Waals surface area (Å²) in [7, 11) is 0. The van der Waals surface area contributed by atoms with Gasteiger partial charge >= 0.3 is 18.3 Å². The number of ether oxygens (including phenoxy) is 1. The lowest BCUT2D eigenvalue weighted by atomic mass is 9.65. The molecule has 2 aliphatic carbocycles. The standard InChI is InChI=1S/C31H33F4NO3/c1-4-16-30(17-5-2)25-12-8-6-10-22(25)23-15-14-21(18-26(23)30)28(36-39-20(3)37)24-11-7-9-13-27(24)38-19-31(34,35)29(32)33/h6-15,18,23,26,29H,4-5,16-17,19H2,1-3H3/b36-28+. The van der Waals surface area contributed by atoms with Crippen molar-refractivity contribution >= 4 is 11.7 Å². The molecule has 4 rings (SSSR count). The van der Waals surface area contributed by atoms with Gasteiger partial charge in [0.2, 0.25) is 0 Å². The topological polar surface area (TPSA) is 47.9 Å². The molecule has 0 bridgehead atoms. The predicted octanol–water partition coefficient (Wildman–Crippen LogP) is 7.98. The quantitative estimate of drug-likeness (QED) is 0.125. The van der Waals surface area contributed by atoms with E-state index in [9.17, 15) is 22.4 Å². The summed E-state index contributed by atoms with van der Waals surface area (Å²) in [4.78, 5) is 16.7. The SMILES string of the molecule is CCCC1(CCC)c2ccccc2C2C=CC(/C(=N\OC(C)=O)c3ccccc3OCC(F)(F)C(F)F)=CC21. The summed E-state index contributed by atoms with van der Waals surface area (Å²) in [6, 6.07) is 14.7. The Labute approximate surface area is 226 Å². The highest BCUT2D eigenvalue weighted by molar-refractivity contribution is 6.16. The van der Waals surface area contributed by atoms with Crippen LogP contribution in [0.1, 0.15) is 69.1 Å². The Hall–Kier alpha value is -3.42. The Morgan fingerprint density at radius 3 is 2.38 bits per heavy atom. The minimum Gasteiger partial charge on any atom is -0.486 e. The summed E-state index contributed by atoms with van der Waals surface area (Å²) in [5.74, 6) is -4.81. The van der Waals surface area contributed by atoms with Crippen LogP contribution in [0.25, 0.3) is 0 Å². The van der Waals surface area contributed by atoms with Gasteiger partial charge in [-0.25, -0.2) is 13.6 Å². The van der Waals surface area contributed by atoms with Gasteiger partial charge in [-0.1, -0.05) is 86.5 Å². The van der Waals surface area contributed by atoms with Gasteiger partial charge in [-0.2, -0.15) is 8.78 Å². The zero-order valence-corrected chi connectivity index (χ0v) is 22.3. The molecule has 0 aliphatic heterocycles. The summed E-state index contributed by atoms with van der Waals surface area (Å²) in [6.07, 6.45) is 6.21. The highest BCUT2D eigenvalue weighted by atomic mass is 19.3. The van der Waals surface area contributed by atoms with Gasteiger partial charge in [0.25, 0.3) is 0 Å². The average Bonchev–Trinajstić information content (AvgIpc) is 3.17. The first-order chi connectivity index (χ1) is 18.6. The van der Waals surface area contributed by atoms with Crippen molar-refractivity contribution in [3.63, 3.8) is 0 Å². The highest BCUT2D eigenvalue weighted by Gasteiger charge is 2.50. The molecular formula is C31H33F4NO3. The predicted molar refractivity (Wildman–Crippen MR) is 143 cm³/mol. The fraction of sp³-hybridized carbons (Fsp3) is 0.419. The van der Waals surface area contributed by atoms with Crippen LogP contribution in [-0.2, 0) is 15.0 Å². The lowest BCUT2D eigenvalue weighted by molar-refractivity contribution is -0.148. The zero-order valence-electron chi connectivity index (χ0n) is 22.3. The van der Waals surface area contributed by atoms with Gasteiger partial charge in [-0.3, -0.25) is 0 Å². The molecule has 0 saturated carbocycles. The van der Waals surface area contributed by atoms with Gasteiger partial charge in [-0.15, -0.1) is 0 Å². The molecule has 0 fully saturated rings. The van der Waals surface area contributed by atoms with Crippen LogP contribution in [0.4, 0.5) is 17.6 Å². The highest BCUT2D eigenvalue weighted by Crippen LogP contribution is 2.58. The summed E-state index contributed by atoms with van der Waals surface area (Å²) < 4.78 is 58.1. The van der Waals surface area contributed by atoms with E-state index in [2.05, 4.69) is 49.4 Å². The van der Waals surface area contributed by atoms with Crippen molar-refractivity contribution in [2.45, 2.75) is 70.1 Å². The number of alkyl halides is 4. The van der Waals surface area contributed by atoms with Crippen LogP contribution in [0.2, 0.25) is 0 Å². The third-order valence-corrected chi connectivity index (χ3v) is 7.54. The minimum absolute atomic E-state index is 0.0664. The number of halogens is 4. The molecule has 2 aromatic carbocycles. The number of allylic oxidation sites excluding steroid dienone is 4. The number of carbonyl (C=O) groups excluding carboxylic acids is 1. The van der Waals surface area contributed by atoms with Crippen molar-refractivity contribution in [2.75, 3.05) is 6.61 Å². The number of hydrogen-bond acceptors (Lipinski definition) is 4. The Morgan fingerprint density at radius 1 is 1.05 bits per heavy atom. The van der Waals surface area contributed by atoms with E-state index in [4.69, 9.17) is 9.57 Å². The van der Waals surface area contributed by atoms with E-state index in [0.717, 1.165) is 25.7 Å². The average molecular weight is 544 g/mol. The molecule has 8 heteroatoms. The number of carbonyl (C=O) groups is 1. The fourth-order valence-electron chi connectivity index (χ4n) is 6.07. The molecule has 0 spiro atoms. The van der Waals surface area contributed by atoms with Crippen LogP contribution in [0.3, 0.4) is 0 Å². The lowest BCUT2D eigenvalue weighted by Crippen LogP contribution is -2.34. The first-order valence-corrected chi connectivity index (χ1v) is 13.3. The third kappa shape index (κ3) is 5.65. The molecule has 208 valence electrons. The monoisotopic (exact) mass is 543 g/mol. The molecule has 0 amide bonds. The minimum atomic E-state index is -4.33. The van der Waals surface area contributed by atoms with Crippen molar-refractivity contribution in [3.05, 3.63) is 89.0 Å². The van der Waals surface area contributed by atoms with Gasteiger partial charge < -0.3 is 9.57 Å². The van der Waals surface area contributed by atoms with Crippen LogP contribution in [0.5, 0.6) is 5.75 Å². The summed E-state index contributed by atoms with van der Waals surface area (Å²) in [5, 5.41) is 4.09. The number of nitrogens with zero attached hydrogens (tertiary/aromatic N) is 1. The molecule has 2 aliphatic rings. The maximum Gasteiger partial charge on any atom is 0.340 e. The van der Waals surface area contributed by atoms with Crippen LogP contribution in [-0.4, -0.2) is 30.6 Å². The summed E-state index contributed by atoms with van der Waals surface area (Å²) in [6.45, 7) is 4.04. The van der Waals surface area contributed by atoms with Gasteiger partial charge in [0.05, 0.1) is 0 Å². The Bertz CT molecular complexity index is 1280. The van der Waals surface area contributed by atoms with Crippen LogP contribution < -0.4 is 4.74 Å². The molecule has 2 atom stereocenters. The van der Waals surface area contributed by atoms with E-state index in [1.807, 2.05) is 12.1 Å². The number of oxime groups is 1. The van der Waals surface area contributed by atoms with E-state index in [0.29, 0.717) is 5.57 Å². The normalized spacial score (nSPS) is 19.9. The maximum absolute atomic E-state index is 13.7. The van der Waals surface area contributed by atoms with E-state index in [1.54, 1.807) is 18.2 Å². The van der Waals surface area contributed by atoms with Gasteiger partial charge in [0.15, 0.2) is 6.61 Å². The van der Waals surface area contributed by atoms with Gasteiger partial charge in [0.1, 0.15) is 11.5 Å². The van der Waals surface area contributed by atoms with Crippen LogP contribution in [0, 0.1) is 5.92 Å². The number of rotatable bonds is 11. The Morgan fingerprint density at radius 2 is 1.72 bits per heavy atom. The molecule has 0 radical (unpaired) electrons. The molecule has 0 aromatic heterocycles. The van der Waals surface area contributed by atoms with Gasteiger partial charge in [-0.05, 0) is 42.0 Å². The summed E-state index contributed by atoms with van der Waals surface area (Å²) >= 11 is 0. The molecule has 0 N–H and O–H groups in total. The van der Waals surface area contributed by atoms with Crippen LogP contribution >= 0.6 is 0 Å². The summed E-state index contributed by atoms with van der Waals surface area (Å²) in [5.41, 5.74) is 3.61. The van der Waals surface area contributed by atoms with Crippen molar-refractivity contribution in [2.24, 2.45) is 11.1 Å².